The molecule has 0 bridgehead atoms. The Kier molecular flexibility index (Phi) is 5.22. The smallest absolute Gasteiger partial charge is 0.0768 e. The highest BCUT2D eigenvalue weighted by molar-refractivity contribution is 5.15. The average Bonchev–Trinajstić information content (AvgIpc) is 3.11. The summed E-state index contributed by atoms with van der Waals surface area (Å²) in [4.78, 5) is 5.38. The third kappa shape index (κ3) is 4.02. The molecule has 1 aromatic carbocycles. The number of aromatic nitrogens is 2. The lowest BCUT2D eigenvalue weighted by atomic mass is 9.73. The van der Waals surface area contributed by atoms with Crippen LogP contribution in [0, 0.1) is 5.41 Å². The lowest BCUT2D eigenvalue weighted by Gasteiger charge is -2.48. The topological polar surface area (TPSA) is 36.3 Å². The fourth-order valence-electron chi connectivity index (χ4n) is 5.62. The van der Waals surface area contributed by atoms with Crippen molar-refractivity contribution in [2.75, 3.05) is 32.7 Å². The lowest BCUT2D eigenvalue weighted by molar-refractivity contribution is 0.00731. The molecule has 1 N–H and O–H groups in total. The molecule has 5 heteroatoms. The average molecular weight is 380 g/mol. The zero-order chi connectivity index (χ0) is 18.8. The van der Waals surface area contributed by atoms with Crippen LogP contribution in [0.25, 0.3) is 0 Å². The first kappa shape index (κ1) is 18.3. The molecule has 3 aliphatic heterocycles. The van der Waals surface area contributed by atoms with Gasteiger partial charge in [0.15, 0.2) is 0 Å². The highest BCUT2D eigenvalue weighted by atomic mass is 15.3. The molecule has 1 atom stereocenters. The van der Waals surface area contributed by atoms with Gasteiger partial charge in [-0.25, -0.2) is 0 Å². The summed E-state index contributed by atoms with van der Waals surface area (Å²) < 4.78 is 2.20. The molecular weight excluding hydrogens is 346 g/mol. The lowest BCUT2D eigenvalue weighted by Crippen LogP contribution is -2.51. The standard InChI is InChI=1S/C23H33N5/c1-2-6-20(7-3-1)16-26-11-4-8-23(18-26)9-5-12-27(19-23)17-21-14-22-15-24-10-13-28(22)25-21/h1-3,6-7,14,24H,4-5,8-13,15-19H2/t23-/m0/s1. The number of fused-ring (bicyclic) bond motifs is 1. The van der Waals surface area contributed by atoms with Crippen LogP contribution in [0.1, 0.15) is 42.6 Å². The van der Waals surface area contributed by atoms with Crippen molar-refractivity contribution in [3.05, 3.63) is 53.3 Å². The summed E-state index contributed by atoms with van der Waals surface area (Å²) in [6, 6.07) is 13.3. The maximum Gasteiger partial charge on any atom is 0.0768 e. The second kappa shape index (κ2) is 7.97. The second-order valence-corrected chi connectivity index (χ2v) is 9.14. The molecule has 5 rings (SSSR count). The van der Waals surface area contributed by atoms with Gasteiger partial charge in [0.25, 0.3) is 0 Å². The number of nitrogens with one attached hydrogen (secondary N) is 1. The molecule has 2 saturated heterocycles. The summed E-state index contributed by atoms with van der Waals surface area (Å²) in [6.45, 7) is 10.1. The minimum atomic E-state index is 0.478. The highest BCUT2D eigenvalue weighted by Crippen LogP contribution is 2.39. The van der Waals surface area contributed by atoms with Gasteiger partial charge in [0.1, 0.15) is 0 Å². The Balaban J connectivity index is 1.23. The number of nitrogens with zero attached hydrogens (tertiary/aromatic N) is 4. The van der Waals surface area contributed by atoms with Crippen molar-refractivity contribution in [3.8, 4) is 0 Å². The van der Waals surface area contributed by atoms with Crippen molar-refractivity contribution in [1.82, 2.24) is 24.9 Å². The summed E-state index contributed by atoms with van der Waals surface area (Å²) in [5, 5.41) is 8.32. The van der Waals surface area contributed by atoms with Gasteiger partial charge < -0.3 is 5.32 Å². The molecule has 0 unspecified atom stereocenters. The Morgan fingerprint density at radius 3 is 2.43 bits per heavy atom. The number of rotatable bonds is 4. The van der Waals surface area contributed by atoms with Crippen LogP contribution in [-0.2, 0) is 26.2 Å². The normalized spacial score (nSPS) is 26.4. The molecule has 0 saturated carbocycles. The molecule has 5 nitrogen and oxygen atoms in total. The van der Waals surface area contributed by atoms with Crippen molar-refractivity contribution in [2.24, 2.45) is 5.41 Å². The number of likely N-dealkylation sites (tertiary alicyclic amines) is 2. The van der Waals surface area contributed by atoms with Crippen LogP contribution in [0.5, 0.6) is 0 Å². The SMILES string of the molecule is c1ccc(CN2CCC[C@]3(CCCN(Cc4cc5n(n4)CCNC5)C3)C2)cc1. The van der Waals surface area contributed by atoms with Crippen LogP contribution in [0.3, 0.4) is 0 Å². The van der Waals surface area contributed by atoms with E-state index < -0.39 is 0 Å². The molecule has 3 aliphatic rings. The molecule has 0 amide bonds. The summed E-state index contributed by atoms with van der Waals surface area (Å²) in [6.07, 6.45) is 5.44. The molecule has 150 valence electrons. The molecule has 2 aromatic rings. The predicted molar refractivity (Wildman–Crippen MR) is 112 cm³/mol. The third-order valence-corrected chi connectivity index (χ3v) is 6.84. The van der Waals surface area contributed by atoms with Gasteiger partial charge in [0.05, 0.1) is 17.9 Å². The van der Waals surface area contributed by atoms with Crippen molar-refractivity contribution < 1.29 is 0 Å². The van der Waals surface area contributed by atoms with E-state index in [0.717, 1.165) is 32.7 Å². The van der Waals surface area contributed by atoms with E-state index >= 15 is 0 Å². The van der Waals surface area contributed by atoms with Crippen molar-refractivity contribution in [3.63, 3.8) is 0 Å². The molecular formula is C23H33N5. The van der Waals surface area contributed by atoms with Crippen LogP contribution in [-0.4, -0.2) is 52.3 Å². The molecule has 0 aliphatic carbocycles. The van der Waals surface area contributed by atoms with Crippen LogP contribution in [0.2, 0.25) is 0 Å². The van der Waals surface area contributed by atoms with Gasteiger partial charge in [-0.05, 0) is 55.8 Å². The summed E-state index contributed by atoms with van der Waals surface area (Å²) in [7, 11) is 0. The minimum absolute atomic E-state index is 0.478. The summed E-state index contributed by atoms with van der Waals surface area (Å²) in [5.74, 6) is 0. The van der Waals surface area contributed by atoms with Gasteiger partial charge in [-0.2, -0.15) is 5.10 Å². The number of benzene rings is 1. The molecule has 1 spiro atoms. The Morgan fingerprint density at radius 1 is 0.929 bits per heavy atom. The van der Waals surface area contributed by atoms with Gasteiger partial charge in [-0.3, -0.25) is 14.5 Å². The van der Waals surface area contributed by atoms with Crippen molar-refractivity contribution in [1.29, 1.82) is 0 Å². The van der Waals surface area contributed by atoms with Crippen LogP contribution in [0.15, 0.2) is 36.4 Å². The first-order chi connectivity index (χ1) is 13.8. The summed E-state index contributed by atoms with van der Waals surface area (Å²) in [5.41, 5.74) is 4.53. The Hall–Kier alpha value is -1.69. The highest BCUT2D eigenvalue weighted by Gasteiger charge is 2.39. The van der Waals surface area contributed by atoms with E-state index in [0.29, 0.717) is 5.41 Å². The van der Waals surface area contributed by atoms with E-state index in [-0.39, 0.29) is 0 Å². The fourth-order valence-corrected chi connectivity index (χ4v) is 5.62. The van der Waals surface area contributed by atoms with E-state index in [2.05, 4.69) is 56.2 Å². The van der Waals surface area contributed by atoms with E-state index in [1.165, 1.54) is 68.8 Å². The molecule has 4 heterocycles. The van der Waals surface area contributed by atoms with E-state index in [4.69, 9.17) is 5.10 Å². The first-order valence-corrected chi connectivity index (χ1v) is 11.0. The van der Waals surface area contributed by atoms with Crippen LogP contribution < -0.4 is 5.32 Å². The maximum atomic E-state index is 4.87. The van der Waals surface area contributed by atoms with Gasteiger partial charge in [-0.15, -0.1) is 0 Å². The van der Waals surface area contributed by atoms with Crippen LogP contribution >= 0.6 is 0 Å². The van der Waals surface area contributed by atoms with Crippen molar-refractivity contribution >= 4 is 0 Å². The predicted octanol–water partition coefficient (Wildman–Crippen LogP) is 2.86. The second-order valence-electron chi connectivity index (χ2n) is 9.14. The maximum absolute atomic E-state index is 4.87. The molecule has 0 radical (unpaired) electrons. The van der Waals surface area contributed by atoms with E-state index in [9.17, 15) is 0 Å². The molecule has 1 aromatic heterocycles. The number of hydrogen-bond donors (Lipinski definition) is 1. The van der Waals surface area contributed by atoms with Gasteiger partial charge in [-0.1, -0.05) is 30.3 Å². The molecule has 2 fully saturated rings. The Morgan fingerprint density at radius 2 is 1.68 bits per heavy atom. The zero-order valence-electron chi connectivity index (χ0n) is 16.9. The fraction of sp³-hybridized carbons (Fsp3) is 0.609. The quantitative estimate of drug-likeness (QED) is 0.886. The Bertz CT molecular complexity index is 758. The summed E-state index contributed by atoms with van der Waals surface area (Å²) >= 11 is 0. The first-order valence-electron chi connectivity index (χ1n) is 11.0. The van der Waals surface area contributed by atoms with Gasteiger partial charge >= 0.3 is 0 Å². The van der Waals surface area contributed by atoms with E-state index in [1.54, 1.807) is 0 Å². The van der Waals surface area contributed by atoms with Gasteiger partial charge in [0.2, 0.25) is 0 Å². The Labute approximate surface area is 168 Å². The van der Waals surface area contributed by atoms with Gasteiger partial charge in [0, 0.05) is 39.3 Å². The third-order valence-electron chi connectivity index (χ3n) is 6.84. The monoisotopic (exact) mass is 379 g/mol. The zero-order valence-corrected chi connectivity index (χ0v) is 16.9. The van der Waals surface area contributed by atoms with E-state index in [1.807, 2.05) is 0 Å². The number of hydrogen-bond acceptors (Lipinski definition) is 4. The minimum Gasteiger partial charge on any atom is -0.309 e. The van der Waals surface area contributed by atoms with Crippen LogP contribution in [0.4, 0.5) is 0 Å². The molecule has 28 heavy (non-hydrogen) atoms. The number of piperidine rings is 2. The van der Waals surface area contributed by atoms with Crippen molar-refractivity contribution in [2.45, 2.75) is 51.9 Å². The largest absolute Gasteiger partial charge is 0.309 e.